The summed E-state index contributed by atoms with van der Waals surface area (Å²) in [5.41, 5.74) is 0.367. The normalized spacial score (nSPS) is 11.2. The van der Waals surface area contributed by atoms with Crippen molar-refractivity contribution in [2.24, 2.45) is 0 Å². The number of nitrogens with zero attached hydrogens (tertiary/aromatic N) is 2. The molecule has 0 spiro atoms. The first kappa shape index (κ1) is 18.9. The van der Waals surface area contributed by atoms with Gasteiger partial charge in [0.25, 0.3) is 0 Å². The molecule has 0 aliphatic carbocycles. The third kappa shape index (κ3) is 4.67. The Morgan fingerprint density at radius 2 is 1.83 bits per heavy atom. The van der Waals surface area contributed by atoms with Crippen LogP contribution in [0.1, 0.15) is 6.92 Å². The van der Waals surface area contributed by atoms with Crippen LogP contribution in [0, 0.1) is 0 Å². The zero-order valence-electron chi connectivity index (χ0n) is 13.8. The number of sulfonamides is 1. The maximum atomic E-state index is 12.5. The van der Waals surface area contributed by atoms with Gasteiger partial charge >= 0.3 is 0 Å². The van der Waals surface area contributed by atoms with Gasteiger partial charge in [0.2, 0.25) is 21.8 Å². The smallest absolute Gasteiger partial charge is 0.243 e. The fourth-order valence-electron chi connectivity index (χ4n) is 1.72. The van der Waals surface area contributed by atoms with E-state index in [0.717, 1.165) is 4.31 Å². The predicted molar refractivity (Wildman–Crippen MR) is 85.8 cm³/mol. The van der Waals surface area contributed by atoms with Crippen LogP contribution in [0.4, 0.5) is 5.69 Å². The summed E-state index contributed by atoms with van der Waals surface area (Å²) in [4.78, 5) is 24.1. The molecule has 1 rings (SSSR count). The number of carbonyl (C=O) groups excluding carboxylic acids is 2. The van der Waals surface area contributed by atoms with Crippen molar-refractivity contribution < 1.29 is 22.7 Å². The van der Waals surface area contributed by atoms with Crippen molar-refractivity contribution in [3.63, 3.8) is 0 Å². The number of ether oxygens (including phenoxy) is 1. The predicted octanol–water partition coefficient (Wildman–Crippen LogP) is 0.362. The molecule has 23 heavy (non-hydrogen) atoms. The summed E-state index contributed by atoms with van der Waals surface area (Å²) in [6.07, 6.45) is 0. The Kier molecular flexibility index (Phi) is 6.11. The number of likely N-dealkylation sites (N-methyl/N-ethyl adjacent to an activating group) is 2. The number of carbonyl (C=O) groups is 2. The number of amides is 2. The van der Waals surface area contributed by atoms with E-state index in [0.29, 0.717) is 5.69 Å². The van der Waals surface area contributed by atoms with Gasteiger partial charge in [0.05, 0.1) is 24.2 Å². The van der Waals surface area contributed by atoms with Gasteiger partial charge in [-0.2, -0.15) is 4.31 Å². The molecule has 1 aromatic rings. The minimum atomic E-state index is -3.85. The largest absolute Gasteiger partial charge is 0.495 e. The van der Waals surface area contributed by atoms with Gasteiger partial charge in [0.1, 0.15) is 5.75 Å². The lowest BCUT2D eigenvalue weighted by Crippen LogP contribution is -2.37. The van der Waals surface area contributed by atoms with Crippen LogP contribution in [0.15, 0.2) is 23.1 Å². The molecule has 0 radical (unpaired) electrons. The third-order valence-electron chi connectivity index (χ3n) is 3.05. The van der Waals surface area contributed by atoms with Crippen molar-refractivity contribution in [3.05, 3.63) is 18.2 Å². The van der Waals surface area contributed by atoms with Crippen LogP contribution in [0.5, 0.6) is 5.75 Å². The summed E-state index contributed by atoms with van der Waals surface area (Å²) in [5.74, 6) is -0.417. The zero-order valence-corrected chi connectivity index (χ0v) is 14.6. The summed E-state index contributed by atoms with van der Waals surface area (Å²) in [5, 5.41) is 2.55. The van der Waals surface area contributed by atoms with Crippen LogP contribution in [0.2, 0.25) is 0 Å². The number of hydrogen-bond acceptors (Lipinski definition) is 5. The van der Waals surface area contributed by atoms with Crippen LogP contribution in [0.3, 0.4) is 0 Å². The summed E-state index contributed by atoms with van der Waals surface area (Å²) in [6, 6.07) is 4.09. The van der Waals surface area contributed by atoms with E-state index in [-0.39, 0.29) is 29.0 Å². The Balaban J connectivity index is 3.13. The molecule has 1 N–H and O–H groups in total. The molecule has 0 bridgehead atoms. The lowest BCUT2D eigenvalue weighted by molar-refractivity contribution is -0.128. The molecule has 128 valence electrons. The molecule has 0 saturated heterocycles. The van der Waals surface area contributed by atoms with Gasteiger partial charge in [-0.15, -0.1) is 0 Å². The first-order chi connectivity index (χ1) is 10.6. The van der Waals surface area contributed by atoms with Crippen molar-refractivity contribution in [1.82, 2.24) is 9.21 Å². The molecule has 1 aromatic carbocycles. The molecule has 0 aromatic heterocycles. The molecular weight excluding hydrogens is 322 g/mol. The number of rotatable bonds is 6. The van der Waals surface area contributed by atoms with E-state index >= 15 is 0 Å². The molecule has 0 atom stereocenters. The fraction of sp³-hybridized carbons (Fsp3) is 0.429. The highest BCUT2D eigenvalue weighted by atomic mass is 32.2. The van der Waals surface area contributed by atoms with Crippen molar-refractivity contribution in [2.45, 2.75) is 11.8 Å². The molecular formula is C14H21N3O5S. The summed E-state index contributed by atoms with van der Waals surface area (Å²) >= 11 is 0. The quantitative estimate of drug-likeness (QED) is 0.805. The maximum Gasteiger partial charge on any atom is 0.243 e. The Bertz CT molecular complexity index is 700. The van der Waals surface area contributed by atoms with Crippen LogP contribution < -0.4 is 10.1 Å². The van der Waals surface area contributed by atoms with E-state index in [1.807, 2.05) is 0 Å². The average molecular weight is 343 g/mol. The molecule has 2 amide bonds. The highest BCUT2D eigenvalue weighted by molar-refractivity contribution is 7.89. The Morgan fingerprint density at radius 1 is 1.22 bits per heavy atom. The van der Waals surface area contributed by atoms with Gasteiger partial charge in [-0.1, -0.05) is 0 Å². The Morgan fingerprint density at radius 3 is 2.30 bits per heavy atom. The van der Waals surface area contributed by atoms with E-state index in [1.54, 1.807) is 14.1 Å². The van der Waals surface area contributed by atoms with E-state index in [2.05, 4.69) is 5.32 Å². The van der Waals surface area contributed by atoms with E-state index in [1.165, 1.54) is 44.2 Å². The topological polar surface area (TPSA) is 96.0 Å². The van der Waals surface area contributed by atoms with Crippen LogP contribution in [-0.4, -0.2) is 64.2 Å². The van der Waals surface area contributed by atoms with Gasteiger partial charge in [0.15, 0.2) is 0 Å². The van der Waals surface area contributed by atoms with E-state index in [9.17, 15) is 18.0 Å². The molecule has 9 heteroatoms. The molecule has 0 fully saturated rings. The average Bonchev–Trinajstić information content (AvgIpc) is 2.46. The third-order valence-corrected chi connectivity index (χ3v) is 4.85. The Labute approximate surface area is 136 Å². The highest BCUT2D eigenvalue weighted by Crippen LogP contribution is 2.28. The monoisotopic (exact) mass is 343 g/mol. The summed E-state index contributed by atoms with van der Waals surface area (Å²) < 4.78 is 31.1. The number of anilines is 1. The number of nitrogens with one attached hydrogen (secondary N) is 1. The molecule has 8 nitrogen and oxygen atoms in total. The van der Waals surface area contributed by atoms with E-state index < -0.39 is 10.0 Å². The van der Waals surface area contributed by atoms with Crippen molar-refractivity contribution in [1.29, 1.82) is 0 Å². The highest BCUT2D eigenvalue weighted by Gasteiger charge is 2.24. The van der Waals surface area contributed by atoms with Crippen LogP contribution in [0.25, 0.3) is 0 Å². The second-order valence-electron chi connectivity index (χ2n) is 5.09. The number of hydrogen-bond donors (Lipinski definition) is 1. The van der Waals surface area contributed by atoms with E-state index in [4.69, 9.17) is 4.74 Å². The molecule has 0 heterocycles. The zero-order chi connectivity index (χ0) is 17.8. The van der Waals surface area contributed by atoms with Crippen LogP contribution >= 0.6 is 0 Å². The molecule has 0 aliphatic rings. The van der Waals surface area contributed by atoms with Crippen molar-refractivity contribution in [3.8, 4) is 5.75 Å². The SMILES string of the molecule is COc1cc(S(=O)(=O)N(C)CC(=O)N(C)C)ccc1NC(C)=O. The standard InChI is InChI=1S/C14H21N3O5S/c1-10(18)15-12-7-6-11(8-13(12)22-5)23(20,21)17(4)9-14(19)16(2)3/h6-8H,9H2,1-5H3,(H,15,18). The second kappa shape index (κ2) is 7.42. The van der Waals surface area contributed by atoms with Crippen molar-refractivity contribution in [2.75, 3.05) is 40.1 Å². The van der Waals surface area contributed by atoms with Gasteiger partial charge < -0.3 is 15.0 Å². The minimum Gasteiger partial charge on any atom is -0.495 e. The second-order valence-corrected chi connectivity index (χ2v) is 7.14. The van der Waals surface area contributed by atoms with Gasteiger partial charge in [-0.25, -0.2) is 8.42 Å². The minimum absolute atomic E-state index is 0.0301. The Hall–Kier alpha value is -2.13. The fourth-order valence-corrected chi connectivity index (χ4v) is 2.86. The van der Waals surface area contributed by atoms with Crippen LogP contribution in [-0.2, 0) is 19.6 Å². The summed E-state index contributed by atoms with van der Waals surface area (Å²) in [6.45, 7) is 1.07. The number of methoxy groups -OCH3 is 1. The maximum absolute atomic E-state index is 12.5. The van der Waals surface area contributed by atoms with Crippen molar-refractivity contribution >= 4 is 27.5 Å². The summed E-state index contributed by atoms with van der Waals surface area (Å²) in [7, 11) is 1.94. The first-order valence-corrected chi connectivity index (χ1v) is 8.15. The number of benzene rings is 1. The molecule has 0 aliphatic heterocycles. The van der Waals surface area contributed by atoms with Gasteiger partial charge in [-0.05, 0) is 12.1 Å². The lowest BCUT2D eigenvalue weighted by Gasteiger charge is -2.20. The lowest BCUT2D eigenvalue weighted by atomic mass is 10.3. The molecule has 0 saturated carbocycles. The van der Waals surface area contributed by atoms with Gasteiger partial charge in [0, 0.05) is 34.1 Å². The first-order valence-electron chi connectivity index (χ1n) is 6.71. The molecule has 0 unspecified atom stereocenters. The van der Waals surface area contributed by atoms with Gasteiger partial charge in [-0.3, -0.25) is 9.59 Å².